The summed E-state index contributed by atoms with van der Waals surface area (Å²) in [6.07, 6.45) is 2.42. The average molecular weight is 419 g/mol. The van der Waals surface area contributed by atoms with Crippen molar-refractivity contribution in [3.63, 3.8) is 0 Å². The van der Waals surface area contributed by atoms with E-state index >= 15 is 0 Å². The number of rotatable bonds is 6. The van der Waals surface area contributed by atoms with Crippen LogP contribution in [0.25, 0.3) is 0 Å². The van der Waals surface area contributed by atoms with Gasteiger partial charge < -0.3 is 4.90 Å². The summed E-state index contributed by atoms with van der Waals surface area (Å²) in [5.74, 6) is 0.0502. The second kappa shape index (κ2) is 9.28. The van der Waals surface area contributed by atoms with Crippen molar-refractivity contribution in [1.82, 2.24) is 9.80 Å². The summed E-state index contributed by atoms with van der Waals surface area (Å²) in [6, 6.07) is 15.5. The van der Waals surface area contributed by atoms with Crippen molar-refractivity contribution < 1.29 is 9.18 Å². The van der Waals surface area contributed by atoms with Gasteiger partial charge in [0.15, 0.2) is 0 Å². The first-order valence-corrected chi connectivity index (χ1v) is 9.89. The Hall–Kier alpha value is -1.72. The van der Waals surface area contributed by atoms with Crippen LogP contribution in [0, 0.1) is 5.82 Å². The maximum atomic E-state index is 14.0. The van der Waals surface area contributed by atoms with Crippen LogP contribution in [-0.2, 0) is 17.8 Å². The Balaban J connectivity index is 1.40. The molecular weight excluding hydrogens is 395 g/mol. The molecule has 1 fully saturated rings. The normalized spacial score (nSPS) is 15.2. The van der Waals surface area contributed by atoms with E-state index < -0.39 is 0 Å². The summed E-state index contributed by atoms with van der Waals surface area (Å²) in [4.78, 5) is 16.5. The standard InChI is InChI=1S/C21H24BrFN2O/c22-19-10-9-18(20(23)15-19)16-24-11-13-25(14-12-24)21(26)8-4-7-17-5-2-1-3-6-17/h1-3,5-6,9-10,15H,4,7-8,11-14,16H2. The predicted molar refractivity (Wildman–Crippen MR) is 105 cm³/mol. The minimum Gasteiger partial charge on any atom is -0.340 e. The topological polar surface area (TPSA) is 23.6 Å². The van der Waals surface area contributed by atoms with Crippen molar-refractivity contribution in [3.05, 3.63) is 69.9 Å². The number of hydrogen-bond acceptors (Lipinski definition) is 2. The molecule has 0 spiro atoms. The quantitative estimate of drug-likeness (QED) is 0.699. The Labute approximate surface area is 162 Å². The van der Waals surface area contributed by atoms with E-state index in [0.29, 0.717) is 18.5 Å². The summed E-state index contributed by atoms with van der Waals surface area (Å²) >= 11 is 3.28. The fourth-order valence-electron chi connectivity index (χ4n) is 3.29. The highest BCUT2D eigenvalue weighted by Crippen LogP contribution is 2.18. The van der Waals surface area contributed by atoms with Gasteiger partial charge in [-0.05, 0) is 30.5 Å². The van der Waals surface area contributed by atoms with Crippen molar-refractivity contribution in [1.29, 1.82) is 0 Å². The lowest BCUT2D eigenvalue weighted by molar-refractivity contribution is -0.133. The Morgan fingerprint density at radius 2 is 1.77 bits per heavy atom. The van der Waals surface area contributed by atoms with Crippen LogP contribution in [0.2, 0.25) is 0 Å². The van der Waals surface area contributed by atoms with E-state index in [1.54, 1.807) is 0 Å². The van der Waals surface area contributed by atoms with E-state index in [0.717, 1.165) is 43.5 Å². The van der Waals surface area contributed by atoms with Crippen molar-refractivity contribution in [2.75, 3.05) is 26.2 Å². The number of benzene rings is 2. The first-order chi connectivity index (χ1) is 12.6. The summed E-state index contributed by atoms with van der Waals surface area (Å²) in [6.45, 7) is 3.62. The molecule has 1 aliphatic heterocycles. The van der Waals surface area contributed by atoms with Crippen molar-refractivity contribution >= 4 is 21.8 Å². The molecule has 1 amide bonds. The zero-order valence-electron chi connectivity index (χ0n) is 14.8. The molecule has 1 heterocycles. The third-order valence-corrected chi connectivity index (χ3v) is 5.33. The number of amides is 1. The largest absolute Gasteiger partial charge is 0.340 e. The fraction of sp³-hybridized carbons (Fsp3) is 0.381. The summed E-state index contributed by atoms with van der Waals surface area (Å²) in [5.41, 5.74) is 1.98. The molecule has 26 heavy (non-hydrogen) atoms. The Morgan fingerprint density at radius 3 is 2.46 bits per heavy atom. The van der Waals surface area contributed by atoms with Crippen LogP contribution in [0.1, 0.15) is 24.0 Å². The SMILES string of the molecule is O=C(CCCc1ccccc1)N1CCN(Cc2ccc(Br)cc2F)CC1. The van der Waals surface area contributed by atoms with Crippen molar-refractivity contribution in [3.8, 4) is 0 Å². The predicted octanol–water partition coefficient (Wildman–Crippen LogP) is 4.26. The average Bonchev–Trinajstić information content (AvgIpc) is 2.65. The molecule has 1 saturated heterocycles. The number of piperazine rings is 1. The van der Waals surface area contributed by atoms with Crippen LogP contribution in [0.4, 0.5) is 4.39 Å². The van der Waals surface area contributed by atoms with Gasteiger partial charge in [0.05, 0.1) is 0 Å². The second-order valence-corrected chi connectivity index (χ2v) is 7.65. The van der Waals surface area contributed by atoms with Gasteiger partial charge in [0.1, 0.15) is 5.82 Å². The van der Waals surface area contributed by atoms with Crippen LogP contribution < -0.4 is 0 Å². The zero-order valence-corrected chi connectivity index (χ0v) is 16.4. The molecule has 0 unspecified atom stereocenters. The van der Waals surface area contributed by atoms with Crippen LogP contribution >= 0.6 is 15.9 Å². The van der Waals surface area contributed by atoms with E-state index in [9.17, 15) is 9.18 Å². The molecular formula is C21H24BrFN2O. The Kier molecular flexibility index (Phi) is 6.80. The number of nitrogens with zero attached hydrogens (tertiary/aromatic N) is 2. The maximum absolute atomic E-state index is 14.0. The molecule has 3 rings (SSSR count). The van der Waals surface area contributed by atoms with Gasteiger partial charge in [0.2, 0.25) is 5.91 Å². The lowest BCUT2D eigenvalue weighted by Gasteiger charge is -2.35. The lowest BCUT2D eigenvalue weighted by Crippen LogP contribution is -2.48. The summed E-state index contributed by atoms with van der Waals surface area (Å²) in [7, 11) is 0. The number of halogens is 2. The van der Waals surface area contributed by atoms with Crippen molar-refractivity contribution in [2.24, 2.45) is 0 Å². The van der Waals surface area contributed by atoms with Gasteiger partial charge in [-0.3, -0.25) is 9.69 Å². The molecule has 138 valence electrons. The lowest BCUT2D eigenvalue weighted by atomic mass is 10.1. The van der Waals surface area contributed by atoms with E-state index in [-0.39, 0.29) is 11.7 Å². The van der Waals surface area contributed by atoms with Crippen molar-refractivity contribution in [2.45, 2.75) is 25.8 Å². The van der Waals surface area contributed by atoms with Crippen LogP contribution in [0.5, 0.6) is 0 Å². The van der Waals surface area contributed by atoms with Gasteiger partial charge >= 0.3 is 0 Å². The van der Waals surface area contributed by atoms with Crippen LogP contribution in [0.3, 0.4) is 0 Å². The Morgan fingerprint density at radius 1 is 1.04 bits per heavy atom. The second-order valence-electron chi connectivity index (χ2n) is 6.73. The van der Waals surface area contributed by atoms with E-state index in [4.69, 9.17) is 0 Å². The third-order valence-electron chi connectivity index (χ3n) is 4.83. The first kappa shape index (κ1) is 19.1. The monoisotopic (exact) mass is 418 g/mol. The molecule has 0 N–H and O–H groups in total. The summed E-state index contributed by atoms with van der Waals surface area (Å²) in [5, 5.41) is 0. The minimum atomic E-state index is -0.182. The van der Waals surface area contributed by atoms with Gasteiger partial charge in [0.25, 0.3) is 0 Å². The molecule has 0 atom stereocenters. The molecule has 0 aliphatic carbocycles. The molecule has 1 aliphatic rings. The number of carbonyl (C=O) groups is 1. The smallest absolute Gasteiger partial charge is 0.222 e. The highest BCUT2D eigenvalue weighted by molar-refractivity contribution is 9.10. The van der Waals surface area contributed by atoms with E-state index in [2.05, 4.69) is 33.0 Å². The molecule has 0 aromatic heterocycles. The number of aryl methyl sites for hydroxylation is 1. The third kappa shape index (κ3) is 5.39. The van der Waals surface area contributed by atoms with Gasteiger partial charge in [-0.25, -0.2) is 4.39 Å². The maximum Gasteiger partial charge on any atom is 0.222 e. The van der Waals surface area contributed by atoms with Crippen LogP contribution in [-0.4, -0.2) is 41.9 Å². The molecule has 0 radical (unpaired) electrons. The molecule has 2 aromatic carbocycles. The molecule has 2 aromatic rings. The summed E-state index contributed by atoms with van der Waals surface area (Å²) < 4.78 is 14.7. The zero-order chi connectivity index (χ0) is 18.4. The molecule has 0 saturated carbocycles. The first-order valence-electron chi connectivity index (χ1n) is 9.10. The van der Waals surface area contributed by atoms with Gasteiger partial charge in [-0.15, -0.1) is 0 Å². The van der Waals surface area contributed by atoms with E-state index in [1.165, 1.54) is 11.6 Å². The van der Waals surface area contributed by atoms with E-state index in [1.807, 2.05) is 35.2 Å². The van der Waals surface area contributed by atoms with Crippen LogP contribution in [0.15, 0.2) is 53.0 Å². The number of carbonyl (C=O) groups excluding carboxylic acids is 1. The van der Waals surface area contributed by atoms with Gasteiger partial charge in [-0.1, -0.05) is 52.3 Å². The highest BCUT2D eigenvalue weighted by Gasteiger charge is 2.21. The fourth-order valence-corrected chi connectivity index (χ4v) is 3.63. The minimum absolute atomic E-state index is 0.182. The number of hydrogen-bond donors (Lipinski definition) is 0. The molecule has 3 nitrogen and oxygen atoms in total. The van der Waals surface area contributed by atoms with Gasteiger partial charge in [-0.2, -0.15) is 0 Å². The Bertz CT molecular complexity index is 730. The highest BCUT2D eigenvalue weighted by atomic mass is 79.9. The molecule has 0 bridgehead atoms. The molecule has 5 heteroatoms. The van der Waals surface area contributed by atoms with Gasteiger partial charge in [0, 0.05) is 49.2 Å².